The van der Waals surface area contributed by atoms with E-state index in [0.29, 0.717) is 10.9 Å². The van der Waals surface area contributed by atoms with Gasteiger partial charge < -0.3 is 5.11 Å². The lowest BCUT2D eigenvalue weighted by Crippen LogP contribution is -2.05. The predicted octanol–water partition coefficient (Wildman–Crippen LogP) is 4.04. The number of aryl methyl sites for hydroxylation is 1. The molecule has 1 saturated carbocycles. The Morgan fingerprint density at radius 3 is 2.65 bits per heavy atom. The van der Waals surface area contributed by atoms with Crippen molar-refractivity contribution in [2.24, 2.45) is 0 Å². The molecular weight excluding hydrogens is 257 g/mol. The topological polar surface area (TPSA) is 50.2 Å². The van der Waals surface area contributed by atoms with Crippen LogP contribution >= 0.6 is 0 Å². The molecule has 1 aromatic heterocycles. The Hall–Kier alpha value is -1.97. The molecule has 0 aliphatic heterocycles. The number of carboxylic acid groups (broad SMARTS) is 1. The van der Waals surface area contributed by atoms with Crippen LogP contribution in [-0.2, 0) is 0 Å². The molecule has 1 aliphatic carbocycles. The van der Waals surface area contributed by atoms with E-state index in [1.165, 1.54) is 6.07 Å². The maximum Gasteiger partial charge on any atom is 0.336 e. The molecule has 1 aromatic carbocycles. The Morgan fingerprint density at radius 2 is 2.00 bits per heavy atom. The first-order chi connectivity index (χ1) is 9.56. The van der Waals surface area contributed by atoms with E-state index >= 15 is 0 Å². The van der Waals surface area contributed by atoms with Crippen molar-refractivity contribution in [3.05, 3.63) is 40.8 Å². The van der Waals surface area contributed by atoms with Crippen molar-refractivity contribution < 1.29 is 14.3 Å². The number of hydrogen-bond donors (Lipinski definition) is 1. The zero-order valence-corrected chi connectivity index (χ0v) is 11.3. The van der Waals surface area contributed by atoms with Gasteiger partial charge in [-0.15, -0.1) is 0 Å². The van der Waals surface area contributed by atoms with Gasteiger partial charge in [0.1, 0.15) is 11.3 Å². The van der Waals surface area contributed by atoms with Gasteiger partial charge in [-0.1, -0.05) is 12.8 Å². The average molecular weight is 273 g/mol. The van der Waals surface area contributed by atoms with Crippen LogP contribution in [0.5, 0.6) is 0 Å². The number of nitrogens with zero attached hydrogens (tertiary/aromatic N) is 1. The fourth-order valence-corrected chi connectivity index (χ4v) is 3.05. The van der Waals surface area contributed by atoms with Crippen molar-refractivity contribution in [2.75, 3.05) is 0 Å². The molecule has 0 radical (unpaired) electrons. The fraction of sp³-hybridized carbons (Fsp3) is 0.375. The van der Waals surface area contributed by atoms with Crippen LogP contribution in [0.25, 0.3) is 10.9 Å². The molecule has 0 spiro atoms. The number of aromatic nitrogens is 1. The Kier molecular flexibility index (Phi) is 3.16. The summed E-state index contributed by atoms with van der Waals surface area (Å²) in [4.78, 5) is 15.9. The van der Waals surface area contributed by atoms with Crippen LogP contribution in [0.3, 0.4) is 0 Å². The number of hydrogen-bond acceptors (Lipinski definition) is 2. The predicted molar refractivity (Wildman–Crippen MR) is 74.6 cm³/mol. The maximum atomic E-state index is 14.1. The number of aromatic carboxylic acids is 1. The summed E-state index contributed by atoms with van der Waals surface area (Å²) in [7, 11) is 0. The standard InChI is InChI=1S/C16H16FNO2/c1-9-6-11-12(16(19)20)8-14(10-4-2-3-5-10)18-15(11)13(17)7-9/h6-8,10H,2-5H2,1H3,(H,19,20). The van der Waals surface area contributed by atoms with Crippen LogP contribution in [0, 0.1) is 12.7 Å². The number of pyridine rings is 1. The first-order valence-electron chi connectivity index (χ1n) is 6.90. The number of benzene rings is 1. The van der Waals surface area contributed by atoms with E-state index in [1.54, 1.807) is 19.1 Å². The summed E-state index contributed by atoms with van der Waals surface area (Å²) in [5, 5.41) is 9.77. The number of rotatable bonds is 2. The molecular formula is C16H16FNO2. The van der Waals surface area contributed by atoms with E-state index in [2.05, 4.69) is 4.98 Å². The summed E-state index contributed by atoms with van der Waals surface area (Å²) in [5.74, 6) is -1.21. The highest BCUT2D eigenvalue weighted by molar-refractivity contribution is 6.03. The van der Waals surface area contributed by atoms with E-state index in [4.69, 9.17) is 0 Å². The molecule has 104 valence electrons. The smallest absolute Gasteiger partial charge is 0.336 e. The number of halogens is 1. The molecule has 4 heteroatoms. The second-order valence-corrected chi connectivity index (χ2v) is 5.52. The fourth-order valence-electron chi connectivity index (χ4n) is 3.05. The number of fused-ring (bicyclic) bond motifs is 1. The molecule has 0 bridgehead atoms. The highest BCUT2D eigenvalue weighted by atomic mass is 19.1. The zero-order chi connectivity index (χ0) is 14.3. The molecule has 2 aromatic rings. The summed E-state index contributed by atoms with van der Waals surface area (Å²) in [6.07, 6.45) is 4.27. The van der Waals surface area contributed by atoms with Gasteiger partial charge in [0.2, 0.25) is 0 Å². The van der Waals surface area contributed by atoms with Crippen molar-refractivity contribution >= 4 is 16.9 Å². The summed E-state index contributed by atoms with van der Waals surface area (Å²) < 4.78 is 14.1. The molecule has 0 amide bonds. The quantitative estimate of drug-likeness (QED) is 0.898. The second kappa shape index (κ2) is 4.85. The second-order valence-electron chi connectivity index (χ2n) is 5.52. The van der Waals surface area contributed by atoms with Crippen LogP contribution in [0.4, 0.5) is 4.39 Å². The van der Waals surface area contributed by atoms with E-state index in [-0.39, 0.29) is 17.0 Å². The van der Waals surface area contributed by atoms with Crippen LogP contribution in [-0.4, -0.2) is 16.1 Å². The monoisotopic (exact) mass is 273 g/mol. The van der Waals surface area contributed by atoms with Crippen molar-refractivity contribution in [3.63, 3.8) is 0 Å². The van der Waals surface area contributed by atoms with Gasteiger partial charge in [-0.2, -0.15) is 0 Å². The first kappa shape index (κ1) is 13.0. The Morgan fingerprint density at radius 1 is 1.30 bits per heavy atom. The average Bonchev–Trinajstić information content (AvgIpc) is 2.91. The van der Waals surface area contributed by atoms with Crippen LogP contribution in [0.2, 0.25) is 0 Å². The molecule has 1 N–H and O–H groups in total. The summed E-state index contributed by atoms with van der Waals surface area (Å²) in [6.45, 7) is 1.75. The molecule has 1 fully saturated rings. The zero-order valence-electron chi connectivity index (χ0n) is 11.3. The van der Waals surface area contributed by atoms with Gasteiger partial charge in [0.15, 0.2) is 0 Å². The maximum absolute atomic E-state index is 14.1. The highest BCUT2D eigenvalue weighted by Crippen LogP contribution is 2.35. The first-order valence-corrected chi connectivity index (χ1v) is 6.90. The summed E-state index contributed by atoms with van der Waals surface area (Å²) >= 11 is 0. The molecule has 0 saturated heterocycles. The van der Waals surface area contributed by atoms with Gasteiger partial charge >= 0.3 is 5.97 Å². The number of carbonyl (C=O) groups is 1. The van der Waals surface area contributed by atoms with E-state index in [0.717, 1.165) is 31.4 Å². The van der Waals surface area contributed by atoms with Gasteiger partial charge in [0.05, 0.1) is 5.56 Å². The SMILES string of the molecule is Cc1cc(F)c2nc(C3CCCC3)cc(C(=O)O)c2c1. The largest absolute Gasteiger partial charge is 0.478 e. The third kappa shape index (κ3) is 2.15. The Balaban J connectivity index is 2.27. The van der Waals surface area contributed by atoms with E-state index in [1.807, 2.05) is 0 Å². The van der Waals surface area contributed by atoms with Crippen LogP contribution in [0.15, 0.2) is 18.2 Å². The lowest BCUT2D eigenvalue weighted by molar-refractivity contribution is 0.0699. The summed E-state index contributed by atoms with van der Waals surface area (Å²) in [6, 6.07) is 4.71. The van der Waals surface area contributed by atoms with Crippen molar-refractivity contribution in [2.45, 2.75) is 38.5 Å². The lowest BCUT2D eigenvalue weighted by atomic mass is 9.98. The minimum absolute atomic E-state index is 0.152. The van der Waals surface area contributed by atoms with Crippen LogP contribution in [0.1, 0.15) is 53.2 Å². The molecule has 3 nitrogen and oxygen atoms in total. The van der Waals surface area contributed by atoms with Crippen LogP contribution < -0.4 is 0 Å². The van der Waals surface area contributed by atoms with E-state index < -0.39 is 11.8 Å². The summed E-state index contributed by atoms with van der Waals surface area (Å²) in [5.41, 5.74) is 1.75. The third-order valence-electron chi connectivity index (χ3n) is 4.03. The highest BCUT2D eigenvalue weighted by Gasteiger charge is 2.22. The van der Waals surface area contributed by atoms with Gasteiger partial charge in [-0.3, -0.25) is 0 Å². The van der Waals surface area contributed by atoms with Crippen molar-refractivity contribution in [1.82, 2.24) is 4.98 Å². The van der Waals surface area contributed by atoms with Gasteiger partial charge in [-0.25, -0.2) is 14.2 Å². The lowest BCUT2D eigenvalue weighted by Gasteiger charge is -2.12. The van der Waals surface area contributed by atoms with Gasteiger partial charge in [-0.05, 0) is 43.5 Å². The van der Waals surface area contributed by atoms with Crippen molar-refractivity contribution in [3.8, 4) is 0 Å². The molecule has 1 aliphatic rings. The molecule has 0 atom stereocenters. The Bertz CT molecular complexity index is 690. The number of carboxylic acids is 1. The third-order valence-corrected chi connectivity index (χ3v) is 4.03. The molecule has 3 rings (SSSR count). The van der Waals surface area contributed by atoms with Crippen molar-refractivity contribution in [1.29, 1.82) is 0 Å². The van der Waals surface area contributed by atoms with Gasteiger partial charge in [0.25, 0.3) is 0 Å². The minimum atomic E-state index is -1.03. The minimum Gasteiger partial charge on any atom is -0.478 e. The normalized spacial score (nSPS) is 15.9. The van der Waals surface area contributed by atoms with Gasteiger partial charge in [0, 0.05) is 17.0 Å². The molecule has 0 unspecified atom stereocenters. The van der Waals surface area contributed by atoms with E-state index in [9.17, 15) is 14.3 Å². The molecule has 1 heterocycles. The molecule has 20 heavy (non-hydrogen) atoms. The Labute approximate surface area is 116 Å².